The molecule has 29 heteroatoms. The van der Waals surface area contributed by atoms with Crippen molar-refractivity contribution in [1.29, 1.82) is 0 Å². The summed E-state index contributed by atoms with van der Waals surface area (Å²) < 4.78 is 32.6. The number of nitrogens with zero attached hydrogens (tertiary/aromatic N) is 3. The maximum atomic E-state index is 12.6. The monoisotopic (exact) mass is 1190 g/mol. The van der Waals surface area contributed by atoms with Gasteiger partial charge in [-0.25, -0.2) is 33.0 Å². The van der Waals surface area contributed by atoms with Crippen LogP contribution in [0.25, 0.3) is 32.3 Å². The van der Waals surface area contributed by atoms with Crippen LogP contribution >= 0.6 is 0 Å². The van der Waals surface area contributed by atoms with E-state index in [0.29, 0.717) is 50.0 Å². The number of para-hydroxylation sites is 2. The van der Waals surface area contributed by atoms with Gasteiger partial charge >= 0.3 is 30.0 Å². The number of rotatable bonds is 17. The predicted molar refractivity (Wildman–Crippen MR) is 312 cm³/mol. The first-order valence-corrected chi connectivity index (χ1v) is 26.4. The van der Waals surface area contributed by atoms with Crippen LogP contribution < -0.4 is 46.7 Å². The van der Waals surface area contributed by atoms with Crippen molar-refractivity contribution in [3.63, 3.8) is 0 Å². The number of methoxy groups -OCH3 is 1. The van der Waals surface area contributed by atoms with Crippen LogP contribution in [0.15, 0.2) is 163 Å². The number of aromatic nitrogens is 3. The first kappa shape index (κ1) is 61.5. The van der Waals surface area contributed by atoms with Crippen molar-refractivity contribution in [3.8, 4) is 23.0 Å². The smallest absolute Gasteiger partial charge is 0.323 e. The van der Waals surface area contributed by atoms with E-state index >= 15 is 0 Å². The van der Waals surface area contributed by atoms with Crippen LogP contribution in [-0.2, 0) is 24.4 Å². The lowest BCUT2D eigenvalue weighted by atomic mass is 10.1. The molecule has 0 saturated carbocycles. The fraction of sp³-hybridized carbons (Fsp3) is 0.0702. The summed E-state index contributed by atoms with van der Waals surface area (Å²) in [6.07, 6.45) is 4.00. The number of carboxylic acid groups (broad SMARTS) is 3. The second-order valence-corrected chi connectivity index (χ2v) is 19.4. The summed E-state index contributed by atoms with van der Waals surface area (Å²) in [7, 11) is -2.39. The summed E-state index contributed by atoms with van der Waals surface area (Å²) in [5.41, 5.74) is 1.40. The van der Waals surface area contributed by atoms with Gasteiger partial charge < -0.3 is 72.6 Å². The Bertz CT molecular complexity index is 4180. The van der Waals surface area contributed by atoms with Crippen molar-refractivity contribution in [3.05, 3.63) is 175 Å². The zero-order chi connectivity index (χ0) is 62.1. The number of amides is 7. The van der Waals surface area contributed by atoms with Gasteiger partial charge in [-0.3, -0.25) is 33.5 Å². The largest absolute Gasteiger partial charge is 0.505 e. The van der Waals surface area contributed by atoms with Crippen LogP contribution in [0.3, 0.4) is 0 Å². The third-order valence-electron chi connectivity index (χ3n) is 11.6. The Morgan fingerprint density at radius 2 is 0.802 bits per heavy atom. The number of aromatic hydroxyl groups is 3. The van der Waals surface area contributed by atoms with Gasteiger partial charge in [-0.15, -0.1) is 0 Å². The van der Waals surface area contributed by atoms with Gasteiger partial charge in [0.25, 0.3) is 27.7 Å². The van der Waals surface area contributed by atoms with Gasteiger partial charge in [0.2, 0.25) is 0 Å². The molecule has 3 heterocycles. The van der Waals surface area contributed by atoms with Crippen LogP contribution in [0.5, 0.6) is 23.0 Å². The number of fused-ring (bicyclic) bond motifs is 3. The van der Waals surface area contributed by atoms with E-state index in [9.17, 15) is 62.1 Å². The average molecular weight is 1190 g/mol. The highest BCUT2D eigenvalue weighted by Gasteiger charge is 2.21. The molecule has 6 aromatic carbocycles. The van der Waals surface area contributed by atoms with E-state index in [1.54, 1.807) is 72.8 Å². The van der Waals surface area contributed by atoms with E-state index in [4.69, 9.17) is 20.1 Å². The summed E-state index contributed by atoms with van der Waals surface area (Å²) in [6.45, 7) is -1.80. The van der Waals surface area contributed by atoms with Gasteiger partial charge in [0.05, 0.1) is 12.0 Å². The molecule has 0 bridgehead atoms. The number of sulfonamides is 1. The second kappa shape index (κ2) is 28.0. The predicted octanol–water partition coefficient (Wildman–Crippen LogP) is 6.36. The number of hydrogen-bond donors (Lipinski definition) is 14. The van der Waals surface area contributed by atoms with Crippen LogP contribution in [0.1, 0.15) is 31.5 Å². The first-order valence-electron chi connectivity index (χ1n) is 24.9. The molecule has 0 aliphatic rings. The molecule has 9 rings (SSSR count). The third kappa shape index (κ3) is 16.5. The minimum absolute atomic E-state index is 0.0369. The highest BCUT2D eigenvalue weighted by atomic mass is 32.2. The van der Waals surface area contributed by atoms with Gasteiger partial charge in [0.15, 0.2) is 34.3 Å². The Balaban J connectivity index is 0.000000185. The van der Waals surface area contributed by atoms with Crippen molar-refractivity contribution in [2.75, 3.05) is 52.7 Å². The minimum atomic E-state index is -3.86. The van der Waals surface area contributed by atoms with Crippen molar-refractivity contribution >= 4 is 118 Å². The molecule has 0 spiro atoms. The van der Waals surface area contributed by atoms with Crippen molar-refractivity contribution < 1.29 is 82.2 Å². The van der Waals surface area contributed by atoms with Gasteiger partial charge in [-0.1, -0.05) is 42.5 Å². The quantitative estimate of drug-likeness (QED) is 0.0471. The number of benzene rings is 6. The van der Waals surface area contributed by atoms with E-state index in [0.717, 1.165) is 0 Å². The molecule has 9 aromatic rings. The SMILES string of the molecule is COc1ccc(S(=O)(=O)Nc2ccc3c(O)c(C(=O)NCC(=O)O)ncc3c2)cc1.O=C(O)CNC(=O)c1ncc2cc(NC(=O)Nc3ccccc3)ccc2c1O.O=C(O)CNC(=O)c1ncc2ccc(NC(=O)Nc3ccccc3)cc2c1O. The molecule has 0 aliphatic heterocycles. The zero-order valence-electron chi connectivity index (χ0n) is 44.6. The number of nitrogens with one attached hydrogen (secondary N) is 8. The molecule has 0 radical (unpaired) electrons. The zero-order valence-corrected chi connectivity index (χ0v) is 45.4. The van der Waals surface area contributed by atoms with E-state index < -0.39 is 88.8 Å². The Labute approximate surface area is 485 Å². The molecule has 0 fully saturated rings. The van der Waals surface area contributed by atoms with Gasteiger partial charge in [0, 0.05) is 79.3 Å². The van der Waals surface area contributed by atoms with Crippen molar-refractivity contribution in [2.24, 2.45) is 0 Å². The number of carbonyl (C=O) groups is 8. The van der Waals surface area contributed by atoms with Gasteiger partial charge in [-0.05, 0) is 97.1 Å². The fourth-order valence-electron chi connectivity index (χ4n) is 7.65. The van der Waals surface area contributed by atoms with E-state index in [1.165, 1.54) is 80.3 Å². The summed E-state index contributed by atoms with van der Waals surface area (Å²) in [5, 5.41) is 76.2. The first-order chi connectivity index (χ1) is 41.1. The number of urea groups is 2. The standard InChI is InChI=1S/2C19H16N4O5.C19H17N3O7S/c24-15(25)10-21-18(27)16-17(26)14-7-6-13(8-11(14)9-20-16)23-19(28)22-12-4-2-1-3-5-12;24-15(25)10-21-18(27)16-17(26)14-8-13(7-6-11(14)9-20-16)23-19(28)22-12-4-2-1-3-5-12;1-29-13-3-5-14(6-4-13)30(27,28)22-12-2-7-15-11(8-12)9-20-17(18(15)25)19(26)21-10-16(23)24/h2*1-9,26H,10H2,(H,21,27)(H,24,25)(H2,22,23,28);2-9,22,25H,10H2,1H3,(H,21,26)(H,23,24). The molecule has 0 saturated heterocycles. The number of ether oxygens (including phenoxy) is 1. The van der Waals surface area contributed by atoms with Crippen molar-refractivity contribution in [2.45, 2.75) is 4.90 Å². The normalized spacial score (nSPS) is 10.6. The van der Waals surface area contributed by atoms with Crippen LogP contribution in [0, 0.1) is 0 Å². The molecule has 14 N–H and O–H groups in total. The Morgan fingerprint density at radius 3 is 1.23 bits per heavy atom. The molecule has 86 heavy (non-hydrogen) atoms. The number of aliphatic carboxylic acids is 3. The average Bonchev–Trinajstić information content (AvgIpc) is 2.00. The lowest BCUT2D eigenvalue weighted by Gasteiger charge is -2.11. The summed E-state index contributed by atoms with van der Waals surface area (Å²) in [4.78, 5) is 103. The number of anilines is 5. The van der Waals surface area contributed by atoms with E-state index in [-0.39, 0.29) is 44.2 Å². The molecule has 0 atom stereocenters. The summed E-state index contributed by atoms with van der Waals surface area (Å²) in [5.74, 6) is -6.84. The number of hydrogen-bond acceptors (Lipinski definition) is 17. The van der Waals surface area contributed by atoms with Crippen LogP contribution in [-0.4, -0.2) is 128 Å². The highest BCUT2D eigenvalue weighted by molar-refractivity contribution is 7.92. The molecule has 440 valence electrons. The molecule has 28 nitrogen and oxygen atoms in total. The maximum absolute atomic E-state index is 12.6. The Hall–Kier alpha value is -12.1. The van der Waals surface area contributed by atoms with Gasteiger partial charge in [0.1, 0.15) is 25.4 Å². The molecule has 7 amide bonds. The van der Waals surface area contributed by atoms with Gasteiger partial charge in [-0.2, -0.15) is 0 Å². The van der Waals surface area contributed by atoms with E-state index in [1.807, 2.05) is 12.1 Å². The van der Waals surface area contributed by atoms with Crippen LogP contribution in [0.2, 0.25) is 0 Å². The van der Waals surface area contributed by atoms with Crippen molar-refractivity contribution in [1.82, 2.24) is 30.9 Å². The number of carbonyl (C=O) groups excluding carboxylic acids is 5. The summed E-state index contributed by atoms with van der Waals surface area (Å²) in [6, 6.07) is 36.4. The Kier molecular flexibility index (Phi) is 20.0. The lowest BCUT2D eigenvalue weighted by Crippen LogP contribution is -2.29. The topological polar surface area (TPSA) is 436 Å². The summed E-state index contributed by atoms with van der Waals surface area (Å²) >= 11 is 0. The minimum Gasteiger partial charge on any atom is -0.505 e. The highest BCUT2D eigenvalue weighted by Crippen LogP contribution is 2.33. The molecule has 3 aromatic heterocycles. The lowest BCUT2D eigenvalue weighted by molar-refractivity contribution is -0.136. The van der Waals surface area contributed by atoms with E-state index in [2.05, 4.69) is 56.9 Å². The third-order valence-corrected chi connectivity index (χ3v) is 13.0. The second-order valence-electron chi connectivity index (χ2n) is 17.7. The molecular formula is C57H49N11O17S. The Morgan fingerprint density at radius 1 is 0.430 bits per heavy atom. The fourth-order valence-corrected chi connectivity index (χ4v) is 8.70. The molecular weight excluding hydrogens is 1140 g/mol. The molecule has 0 aliphatic carbocycles. The number of pyridine rings is 3. The maximum Gasteiger partial charge on any atom is 0.323 e. The number of carboxylic acids is 3. The van der Waals surface area contributed by atoms with Crippen LogP contribution in [0.4, 0.5) is 38.0 Å². The molecule has 0 unspecified atom stereocenters.